The van der Waals surface area contributed by atoms with Crippen molar-refractivity contribution in [1.29, 1.82) is 0 Å². The fourth-order valence-electron chi connectivity index (χ4n) is 4.89. The number of hydrogen-bond acceptors (Lipinski definition) is 4. The fourth-order valence-corrected chi connectivity index (χ4v) is 5.08. The van der Waals surface area contributed by atoms with Crippen LogP contribution in [0.25, 0.3) is 0 Å². The number of hydrogen-bond donors (Lipinski definition) is 1. The van der Waals surface area contributed by atoms with Crippen molar-refractivity contribution >= 4 is 23.5 Å². The number of fused-ring (bicyclic) bond motifs is 1. The van der Waals surface area contributed by atoms with Gasteiger partial charge in [-0.3, -0.25) is 9.59 Å². The van der Waals surface area contributed by atoms with Crippen molar-refractivity contribution in [2.24, 2.45) is 11.3 Å². The number of aliphatic carboxylic acids is 1. The van der Waals surface area contributed by atoms with E-state index in [1.54, 1.807) is 11.0 Å². The molecule has 146 valence electrons. The van der Waals surface area contributed by atoms with Gasteiger partial charge in [0.1, 0.15) is 0 Å². The molecule has 0 aromatic heterocycles. The number of carbonyl (C=O) groups is 2. The van der Waals surface area contributed by atoms with Gasteiger partial charge in [0.05, 0.1) is 17.4 Å². The first-order chi connectivity index (χ1) is 13.0. The maximum atomic E-state index is 13.7. The zero-order valence-corrected chi connectivity index (χ0v) is 15.9. The lowest BCUT2D eigenvalue weighted by molar-refractivity contribution is -0.157. The number of likely N-dealkylation sites (tertiary alicyclic amines) is 1. The lowest BCUT2D eigenvalue weighted by atomic mass is 9.72. The molecule has 3 aliphatic rings. The Kier molecular flexibility index (Phi) is 4.91. The van der Waals surface area contributed by atoms with Gasteiger partial charge in [0, 0.05) is 43.9 Å². The Bertz CT molecular complexity index is 748. The predicted octanol–water partition coefficient (Wildman–Crippen LogP) is 2.34. The Morgan fingerprint density at radius 1 is 1.15 bits per heavy atom. The van der Waals surface area contributed by atoms with Crippen LogP contribution in [0.1, 0.15) is 24.8 Å². The molecule has 3 fully saturated rings. The Hall–Kier alpha value is -1.63. The Morgan fingerprint density at radius 2 is 1.89 bits per heavy atom. The maximum absolute atomic E-state index is 13.7. The first-order valence-electron chi connectivity index (χ1n) is 9.42. The summed E-state index contributed by atoms with van der Waals surface area (Å²) in [5.41, 5.74) is -0.718. The highest BCUT2D eigenvalue weighted by molar-refractivity contribution is 6.30. The van der Waals surface area contributed by atoms with Crippen LogP contribution in [0.3, 0.4) is 0 Å². The SMILES string of the molecule is O=C(N1C[C@H]2COCC[C@@]2(C(=O)O)C1)C1(c2cccc(Cl)c2)CCOCC1. The molecule has 0 bridgehead atoms. The highest BCUT2D eigenvalue weighted by Gasteiger charge is 2.57. The van der Waals surface area contributed by atoms with Gasteiger partial charge in [-0.15, -0.1) is 0 Å². The molecule has 1 amide bonds. The summed E-state index contributed by atoms with van der Waals surface area (Å²) in [4.78, 5) is 27.6. The minimum atomic E-state index is -0.894. The van der Waals surface area contributed by atoms with E-state index in [4.69, 9.17) is 21.1 Å². The van der Waals surface area contributed by atoms with Crippen LogP contribution in [0, 0.1) is 11.3 Å². The average molecular weight is 394 g/mol. The Morgan fingerprint density at radius 3 is 2.56 bits per heavy atom. The van der Waals surface area contributed by atoms with Crippen LogP contribution in [0.2, 0.25) is 5.02 Å². The molecule has 1 aromatic rings. The highest BCUT2D eigenvalue weighted by Crippen LogP contribution is 2.45. The second-order valence-electron chi connectivity index (χ2n) is 7.87. The van der Waals surface area contributed by atoms with Gasteiger partial charge in [0.2, 0.25) is 5.91 Å². The molecular formula is C20H24ClNO5. The molecule has 0 spiro atoms. The molecule has 27 heavy (non-hydrogen) atoms. The maximum Gasteiger partial charge on any atom is 0.311 e. The third-order valence-corrected chi connectivity index (χ3v) is 6.79. The number of halogens is 1. The quantitative estimate of drug-likeness (QED) is 0.853. The van der Waals surface area contributed by atoms with Crippen LogP contribution in [-0.4, -0.2) is 61.4 Å². The van der Waals surface area contributed by atoms with Gasteiger partial charge in [0.25, 0.3) is 0 Å². The van der Waals surface area contributed by atoms with Crippen LogP contribution in [0.4, 0.5) is 0 Å². The number of rotatable bonds is 3. The summed E-state index contributed by atoms with van der Waals surface area (Å²) >= 11 is 6.20. The zero-order valence-electron chi connectivity index (χ0n) is 15.2. The smallest absolute Gasteiger partial charge is 0.311 e. The van der Waals surface area contributed by atoms with E-state index in [0.717, 1.165) is 5.56 Å². The molecule has 2 atom stereocenters. The predicted molar refractivity (Wildman–Crippen MR) is 98.8 cm³/mol. The van der Waals surface area contributed by atoms with Crippen molar-refractivity contribution in [1.82, 2.24) is 4.90 Å². The number of ether oxygens (including phenoxy) is 2. The third kappa shape index (κ3) is 3.04. The summed E-state index contributed by atoms with van der Waals surface area (Å²) in [6.45, 7) is 2.50. The molecule has 6 nitrogen and oxygen atoms in total. The van der Waals surface area contributed by atoms with Gasteiger partial charge in [-0.25, -0.2) is 0 Å². The van der Waals surface area contributed by atoms with Crippen molar-refractivity contribution < 1.29 is 24.2 Å². The second kappa shape index (κ2) is 7.08. The monoisotopic (exact) mass is 393 g/mol. The number of nitrogens with zero attached hydrogens (tertiary/aromatic N) is 1. The highest BCUT2D eigenvalue weighted by atomic mass is 35.5. The Labute approximate surface area is 163 Å². The molecule has 1 N–H and O–H groups in total. The lowest BCUT2D eigenvalue weighted by Gasteiger charge is -2.39. The van der Waals surface area contributed by atoms with E-state index in [0.29, 0.717) is 57.3 Å². The van der Waals surface area contributed by atoms with Crippen molar-refractivity contribution in [2.45, 2.75) is 24.7 Å². The van der Waals surface area contributed by atoms with Gasteiger partial charge in [-0.2, -0.15) is 0 Å². The largest absolute Gasteiger partial charge is 0.481 e. The summed E-state index contributed by atoms with van der Waals surface area (Å²) in [5, 5.41) is 10.5. The first kappa shape index (κ1) is 18.7. The summed E-state index contributed by atoms with van der Waals surface area (Å²) in [6, 6.07) is 7.44. The zero-order chi connectivity index (χ0) is 19.1. The van der Waals surface area contributed by atoms with Gasteiger partial charge in [-0.1, -0.05) is 23.7 Å². The topological polar surface area (TPSA) is 76.1 Å². The van der Waals surface area contributed by atoms with Crippen LogP contribution in [0.15, 0.2) is 24.3 Å². The molecule has 0 radical (unpaired) electrons. The van der Waals surface area contributed by atoms with Crippen molar-refractivity contribution in [3.8, 4) is 0 Å². The van der Waals surface area contributed by atoms with E-state index in [-0.39, 0.29) is 18.4 Å². The van der Waals surface area contributed by atoms with Gasteiger partial charge >= 0.3 is 5.97 Å². The van der Waals surface area contributed by atoms with Gasteiger partial charge in [0.15, 0.2) is 0 Å². The Balaban J connectivity index is 1.68. The number of carboxylic acids is 1. The van der Waals surface area contributed by atoms with Crippen molar-refractivity contribution in [3.05, 3.63) is 34.9 Å². The number of carbonyl (C=O) groups excluding carboxylic acids is 1. The normalized spacial score (nSPS) is 30.0. The second-order valence-corrected chi connectivity index (χ2v) is 8.31. The van der Waals surface area contributed by atoms with Crippen molar-refractivity contribution in [3.63, 3.8) is 0 Å². The van der Waals surface area contributed by atoms with Crippen molar-refractivity contribution in [2.75, 3.05) is 39.5 Å². The molecule has 4 rings (SSSR count). The summed E-state index contributed by atoms with van der Waals surface area (Å²) in [7, 11) is 0. The minimum Gasteiger partial charge on any atom is -0.481 e. The molecule has 3 aliphatic heterocycles. The molecule has 7 heteroatoms. The number of carboxylic acid groups (broad SMARTS) is 1. The van der Waals surface area contributed by atoms with E-state index in [9.17, 15) is 14.7 Å². The van der Waals surface area contributed by atoms with Crippen LogP contribution >= 0.6 is 11.6 Å². The molecule has 0 aliphatic carbocycles. The molecule has 3 heterocycles. The van der Waals surface area contributed by atoms with Crippen LogP contribution in [0.5, 0.6) is 0 Å². The van der Waals surface area contributed by atoms with Gasteiger partial charge in [-0.05, 0) is 37.0 Å². The van der Waals surface area contributed by atoms with Gasteiger partial charge < -0.3 is 19.5 Å². The lowest BCUT2D eigenvalue weighted by Crippen LogP contribution is -2.50. The van der Waals surface area contributed by atoms with Crippen LogP contribution in [-0.2, 0) is 24.5 Å². The first-order valence-corrected chi connectivity index (χ1v) is 9.80. The molecule has 0 unspecified atom stereocenters. The summed E-state index contributed by atoms with van der Waals surface area (Å²) in [6.07, 6.45) is 1.60. The molecule has 3 saturated heterocycles. The van der Waals surface area contributed by atoms with E-state index < -0.39 is 16.8 Å². The summed E-state index contributed by atoms with van der Waals surface area (Å²) in [5.74, 6) is -0.998. The standard InChI is InChI=1S/C20H24ClNO5/c21-16-3-1-2-14(10-16)19(4-7-26-8-5-19)17(23)22-11-15-12-27-9-6-20(15,13-22)18(24)25/h1-3,10,15H,4-9,11-13H2,(H,24,25)/t15-,20+/m0/s1. The van der Waals surface area contributed by atoms with E-state index >= 15 is 0 Å². The van der Waals surface area contributed by atoms with E-state index in [2.05, 4.69) is 0 Å². The van der Waals surface area contributed by atoms with Crippen LogP contribution < -0.4 is 0 Å². The summed E-state index contributed by atoms with van der Waals surface area (Å²) < 4.78 is 11.0. The molecule has 1 aromatic carbocycles. The number of amides is 1. The third-order valence-electron chi connectivity index (χ3n) is 6.55. The average Bonchev–Trinajstić information content (AvgIpc) is 3.09. The van der Waals surface area contributed by atoms with E-state index in [1.165, 1.54) is 0 Å². The number of benzene rings is 1. The van der Waals surface area contributed by atoms with E-state index in [1.807, 2.05) is 18.2 Å². The molecule has 0 saturated carbocycles. The molecular weight excluding hydrogens is 370 g/mol. The fraction of sp³-hybridized carbons (Fsp3) is 0.600. The minimum absolute atomic E-state index is 0.0110.